The molecule has 112 valence electrons. The maximum atomic E-state index is 11.0. The molecule has 0 aliphatic rings. The summed E-state index contributed by atoms with van der Waals surface area (Å²) in [5, 5.41) is 15.6. The molecule has 2 aromatic rings. The molecule has 0 aliphatic carbocycles. The quantitative estimate of drug-likeness (QED) is 0.881. The summed E-state index contributed by atoms with van der Waals surface area (Å²) >= 11 is 5.87. The summed E-state index contributed by atoms with van der Waals surface area (Å²) in [6.07, 6.45) is 0.813. The average molecular weight is 314 g/mol. The van der Waals surface area contributed by atoms with E-state index in [0.717, 1.165) is 23.4 Å². The second-order valence-corrected chi connectivity index (χ2v) is 5.29. The van der Waals surface area contributed by atoms with Crippen molar-refractivity contribution in [1.29, 1.82) is 5.26 Å². The highest BCUT2D eigenvalue weighted by Crippen LogP contribution is 2.20. The number of nitrogens with zero attached hydrogens (tertiary/aromatic N) is 1. The van der Waals surface area contributed by atoms with E-state index in [0.29, 0.717) is 17.1 Å². The van der Waals surface area contributed by atoms with Gasteiger partial charge in [-0.25, -0.2) is 0 Å². The number of nitrogens with one attached hydrogen (secondary N) is 2. The molecule has 5 heteroatoms. The minimum absolute atomic E-state index is 0.0822. The monoisotopic (exact) mass is 313 g/mol. The molecular weight excluding hydrogens is 298 g/mol. The van der Waals surface area contributed by atoms with Crippen LogP contribution in [0.15, 0.2) is 42.5 Å². The number of anilines is 2. The normalized spacial score (nSPS) is 9.86. The molecule has 1 amide bonds. The summed E-state index contributed by atoms with van der Waals surface area (Å²) in [6.45, 7) is 2.19. The van der Waals surface area contributed by atoms with E-state index in [4.69, 9.17) is 16.9 Å². The molecule has 22 heavy (non-hydrogen) atoms. The average Bonchev–Trinajstić information content (AvgIpc) is 2.50. The van der Waals surface area contributed by atoms with Crippen LogP contribution in [0.5, 0.6) is 0 Å². The molecule has 0 bridgehead atoms. The Bertz CT molecular complexity index is 705. The first-order chi connectivity index (χ1) is 10.6. The Balaban J connectivity index is 1.91. The molecule has 0 saturated heterocycles. The first kappa shape index (κ1) is 15.9. The van der Waals surface area contributed by atoms with Crippen molar-refractivity contribution in [3.05, 3.63) is 58.6 Å². The van der Waals surface area contributed by atoms with E-state index in [9.17, 15) is 4.79 Å². The highest BCUT2D eigenvalue weighted by molar-refractivity contribution is 6.30. The Hall–Kier alpha value is -2.51. The highest BCUT2D eigenvalue weighted by atomic mass is 35.5. The fourth-order valence-corrected chi connectivity index (χ4v) is 2.23. The van der Waals surface area contributed by atoms with Crippen LogP contribution in [0.2, 0.25) is 5.02 Å². The van der Waals surface area contributed by atoms with Crippen LogP contribution in [0, 0.1) is 11.3 Å². The molecule has 0 aliphatic heterocycles. The van der Waals surface area contributed by atoms with Gasteiger partial charge in [-0.3, -0.25) is 4.79 Å². The molecule has 2 aromatic carbocycles. The second kappa shape index (κ2) is 7.48. The maximum Gasteiger partial charge on any atom is 0.221 e. The molecule has 2 N–H and O–H groups in total. The van der Waals surface area contributed by atoms with Gasteiger partial charge in [0.05, 0.1) is 11.3 Å². The minimum atomic E-state index is -0.0822. The van der Waals surface area contributed by atoms with Crippen molar-refractivity contribution < 1.29 is 4.79 Å². The number of hydrogen-bond acceptors (Lipinski definition) is 3. The Morgan fingerprint density at radius 2 is 1.95 bits per heavy atom. The van der Waals surface area contributed by atoms with Crippen molar-refractivity contribution in [2.45, 2.75) is 13.3 Å². The van der Waals surface area contributed by atoms with Gasteiger partial charge in [0.1, 0.15) is 6.07 Å². The van der Waals surface area contributed by atoms with E-state index in [2.05, 4.69) is 16.7 Å². The molecule has 4 nitrogen and oxygen atoms in total. The molecule has 0 radical (unpaired) electrons. The van der Waals surface area contributed by atoms with Crippen LogP contribution in [0.4, 0.5) is 11.4 Å². The van der Waals surface area contributed by atoms with Gasteiger partial charge in [0, 0.05) is 24.2 Å². The lowest BCUT2D eigenvalue weighted by Gasteiger charge is -2.09. The molecule has 0 heterocycles. The van der Waals surface area contributed by atoms with Crippen LogP contribution in [0.1, 0.15) is 18.1 Å². The Labute approximate surface area is 134 Å². The summed E-state index contributed by atoms with van der Waals surface area (Å²) < 4.78 is 0. The van der Waals surface area contributed by atoms with Gasteiger partial charge in [-0.15, -0.1) is 0 Å². The highest BCUT2D eigenvalue weighted by Gasteiger charge is 2.02. The van der Waals surface area contributed by atoms with Crippen LogP contribution in [0.3, 0.4) is 0 Å². The van der Waals surface area contributed by atoms with Gasteiger partial charge in [-0.2, -0.15) is 5.26 Å². The molecule has 2 rings (SSSR count). The van der Waals surface area contributed by atoms with E-state index in [-0.39, 0.29) is 5.91 Å². The number of benzene rings is 2. The summed E-state index contributed by atoms with van der Waals surface area (Å²) in [6, 6.07) is 15.0. The fraction of sp³-hybridized carbons (Fsp3) is 0.176. The smallest absolute Gasteiger partial charge is 0.221 e. The van der Waals surface area contributed by atoms with Crippen LogP contribution in [0.25, 0.3) is 0 Å². The van der Waals surface area contributed by atoms with Crippen molar-refractivity contribution in [2.75, 3.05) is 17.2 Å². The number of nitriles is 1. The number of rotatable bonds is 5. The number of hydrogen-bond donors (Lipinski definition) is 2. The zero-order valence-electron chi connectivity index (χ0n) is 12.2. The number of amides is 1. The van der Waals surface area contributed by atoms with Crippen molar-refractivity contribution in [3.8, 4) is 6.07 Å². The first-order valence-corrected chi connectivity index (χ1v) is 7.26. The summed E-state index contributed by atoms with van der Waals surface area (Å²) in [7, 11) is 0. The summed E-state index contributed by atoms with van der Waals surface area (Å²) in [5.74, 6) is -0.0822. The second-order valence-electron chi connectivity index (χ2n) is 4.86. The van der Waals surface area contributed by atoms with Gasteiger partial charge >= 0.3 is 0 Å². The largest absolute Gasteiger partial charge is 0.384 e. The predicted molar refractivity (Wildman–Crippen MR) is 89.1 cm³/mol. The topological polar surface area (TPSA) is 64.9 Å². The lowest BCUT2D eigenvalue weighted by Crippen LogP contribution is -2.07. The zero-order valence-corrected chi connectivity index (χ0v) is 12.9. The van der Waals surface area contributed by atoms with E-state index >= 15 is 0 Å². The maximum absolute atomic E-state index is 11.0. The third-order valence-corrected chi connectivity index (χ3v) is 3.34. The van der Waals surface area contributed by atoms with E-state index in [1.807, 2.05) is 24.3 Å². The molecule has 0 saturated carbocycles. The van der Waals surface area contributed by atoms with E-state index in [1.54, 1.807) is 18.2 Å². The molecule has 0 spiro atoms. The van der Waals surface area contributed by atoms with Crippen molar-refractivity contribution in [1.82, 2.24) is 0 Å². The Morgan fingerprint density at radius 3 is 2.59 bits per heavy atom. The number of carbonyl (C=O) groups excluding carboxylic acids is 1. The molecule has 0 fully saturated rings. The van der Waals surface area contributed by atoms with Crippen LogP contribution in [-0.2, 0) is 11.2 Å². The Kier molecular flexibility index (Phi) is 5.40. The predicted octanol–water partition coefficient (Wildman–Crippen LogP) is 3.82. The third kappa shape index (κ3) is 4.51. The Morgan fingerprint density at radius 1 is 1.23 bits per heavy atom. The van der Waals surface area contributed by atoms with Gasteiger partial charge in [0.2, 0.25) is 5.91 Å². The molecule has 0 atom stereocenters. The van der Waals surface area contributed by atoms with E-state index in [1.165, 1.54) is 6.92 Å². The van der Waals surface area contributed by atoms with Gasteiger partial charge in [-0.05, 0) is 42.3 Å². The fourth-order valence-electron chi connectivity index (χ4n) is 2.06. The van der Waals surface area contributed by atoms with Crippen molar-refractivity contribution in [2.24, 2.45) is 0 Å². The summed E-state index contributed by atoms with van der Waals surface area (Å²) in [5.41, 5.74) is 3.25. The van der Waals surface area contributed by atoms with Gasteiger partial charge < -0.3 is 10.6 Å². The summed E-state index contributed by atoms with van der Waals surface area (Å²) in [4.78, 5) is 11.0. The standard InChI is InChI=1S/C17H16ClN3O/c1-12(22)21-16-5-2-13(3-6-16)8-9-20-17-7-4-15(18)10-14(17)11-19/h2-7,10,20H,8-9H2,1H3,(H,21,22). The van der Waals surface area contributed by atoms with E-state index < -0.39 is 0 Å². The SMILES string of the molecule is CC(=O)Nc1ccc(CCNc2ccc(Cl)cc2C#N)cc1. The number of halogens is 1. The van der Waals surface area contributed by atoms with Crippen LogP contribution in [-0.4, -0.2) is 12.5 Å². The molecular formula is C17H16ClN3O. The van der Waals surface area contributed by atoms with Crippen molar-refractivity contribution in [3.63, 3.8) is 0 Å². The van der Waals surface area contributed by atoms with Gasteiger partial charge in [0.25, 0.3) is 0 Å². The molecule has 0 aromatic heterocycles. The zero-order chi connectivity index (χ0) is 15.9. The first-order valence-electron chi connectivity index (χ1n) is 6.88. The third-order valence-electron chi connectivity index (χ3n) is 3.11. The lowest BCUT2D eigenvalue weighted by atomic mass is 10.1. The van der Waals surface area contributed by atoms with Crippen LogP contribution < -0.4 is 10.6 Å². The van der Waals surface area contributed by atoms with Gasteiger partial charge in [0.15, 0.2) is 0 Å². The molecule has 0 unspecified atom stereocenters. The number of carbonyl (C=O) groups is 1. The van der Waals surface area contributed by atoms with Gasteiger partial charge in [-0.1, -0.05) is 23.7 Å². The lowest BCUT2D eigenvalue weighted by molar-refractivity contribution is -0.114. The van der Waals surface area contributed by atoms with Crippen molar-refractivity contribution >= 4 is 28.9 Å². The minimum Gasteiger partial charge on any atom is -0.384 e. The van der Waals surface area contributed by atoms with Crippen LogP contribution >= 0.6 is 11.6 Å².